The monoisotopic (exact) mass is 267 g/mol. The van der Waals surface area contributed by atoms with E-state index in [2.05, 4.69) is 12.2 Å². The van der Waals surface area contributed by atoms with Gasteiger partial charge in [0, 0.05) is 22.4 Å². The van der Waals surface area contributed by atoms with Crippen molar-refractivity contribution in [3.05, 3.63) is 28.0 Å². The number of hydrogen-bond donors (Lipinski definition) is 2. The Kier molecular flexibility index (Phi) is 5.58. The average Bonchev–Trinajstić information content (AvgIpc) is 2.75. The lowest BCUT2D eigenvalue weighted by atomic mass is 10.2. The zero-order valence-electron chi connectivity index (χ0n) is 10.5. The normalized spacial score (nSPS) is 12.6. The number of carboxylic acid groups (broad SMARTS) is 1. The molecule has 4 nitrogen and oxygen atoms in total. The van der Waals surface area contributed by atoms with Crippen LogP contribution in [0.4, 0.5) is 0 Å². The third kappa shape index (κ3) is 4.71. The molecule has 0 aliphatic rings. The lowest BCUT2D eigenvalue weighted by Crippen LogP contribution is -2.32. The van der Waals surface area contributed by atoms with Crippen molar-refractivity contribution in [3.63, 3.8) is 0 Å². The molecule has 1 unspecified atom stereocenters. The van der Waals surface area contributed by atoms with Gasteiger partial charge in [-0.15, -0.1) is 11.3 Å². The van der Waals surface area contributed by atoms with Crippen molar-refractivity contribution in [2.45, 2.75) is 32.7 Å². The molecule has 0 aliphatic heterocycles. The lowest BCUT2D eigenvalue weighted by molar-refractivity contribution is -0.131. The first-order valence-corrected chi connectivity index (χ1v) is 6.71. The van der Waals surface area contributed by atoms with Crippen LogP contribution in [0.3, 0.4) is 0 Å². The third-order valence-corrected chi connectivity index (χ3v) is 3.27. The average molecular weight is 267 g/mol. The van der Waals surface area contributed by atoms with Gasteiger partial charge >= 0.3 is 5.97 Å². The number of thiophene rings is 1. The quantitative estimate of drug-likeness (QED) is 0.779. The summed E-state index contributed by atoms with van der Waals surface area (Å²) >= 11 is 1.35. The predicted molar refractivity (Wildman–Crippen MR) is 72.8 cm³/mol. The molecule has 1 rings (SSSR count). The summed E-state index contributed by atoms with van der Waals surface area (Å²) in [4.78, 5) is 23.0. The molecule has 0 aromatic carbocycles. The Morgan fingerprint density at radius 3 is 2.89 bits per heavy atom. The Morgan fingerprint density at radius 2 is 2.28 bits per heavy atom. The molecule has 0 fully saturated rings. The van der Waals surface area contributed by atoms with E-state index in [0.29, 0.717) is 5.56 Å². The smallest absolute Gasteiger partial charge is 0.328 e. The standard InChI is InChI=1S/C13H17NO3S/c1-3-4-9(2)14-13(17)10-7-11(18-8-10)5-6-12(15)16/h5-9H,3-4H2,1-2H3,(H,14,17)(H,15,16). The van der Waals surface area contributed by atoms with Crippen LogP contribution in [0.15, 0.2) is 17.5 Å². The number of aliphatic carboxylic acids is 1. The minimum absolute atomic E-state index is 0.109. The first-order valence-electron chi connectivity index (χ1n) is 5.83. The summed E-state index contributed by atoms with van der Waals surface area (Å²) in [6, 6.07) is 1.85. The highest BCUT2D eigenvalue weighted by atomic mass is 32.1. The second-order valence-corrected chi connectivity index (χ2v) is 5.02. The molecular weight excluding hydrogens is 250 g/mol. The summed E-state index contributed by atoms with van der Waals surface area (Å²) in [5, 5.41) is 13.1. The van der Waals surface area contributed by atoms with Gasteiger partial charge in [0.15, 0.2) is 0 Å². The number of carbonyl (C=O) groups is 2. The van der Waals surface area contributed by atoms with Crippen LogP contribution in [-0.4, -0.2) is 23.0 Å². The predicted octanol–water partition coefficient (Wildman–Crippen LogP) is 2.76. The Morgan fingerprint density at radius 1 is 1.56 bits per heavy atom. The Labute approximate surface area is 110 Å². The Bertz CT molecular complexity index is 451. The summed E-state index contributed by atoms with van der Waals surface area (Å²) in [5.41, 5.74) is 0.577. The fourth-order valence-electron chi connectivity index (χ4n) is 1.53. The molecule has 1 atom stereocenters. The minimum Gasteiger partial charge on any atom is -0.478 e. The van der Waals surface area contributed by atoms with E-state index in [0.717, 1.165) is 23.8 Å². The van der Waals surface area contributed by atoms with E-state index in [1.165, 1.54) is 17.4 Å². The highest BCUT2D eigenvalue weighted by Crippen LogP contribution is 2.16. The molecule has 0 radical (unpaired) electrons. The fourth-order valence-corrected chi connectivity index (χ4v) is 2.30. The van der Waals surface area contributed by atoms with Gasteiger partial charge < -0.3 is 10.4 Å². The van der Waals surface area contributed by atoms with Crippen LogP contribution in [0.1, 0.15) is 41.9 Å². The van der Waals surface area contributed by atoms with Gasteiger partial charge in [0.1, 0.15) is 0 Å². The summed E-state index contributed by atoms with van der Waals surface area (Å²) < 4.78 is 0. The van der Waals surface area contributed by atoms with E-state index in [1.807, 2.05) is 6.92 Å². The summed E-state index contributed by atoms with van der Waals surface area (Å²) in [6.07, 6.45) is 4.52. The molecule has 1 amide bonds. The van der Waals surface area contributed by atoms with Crippen LogP contribution in [0.5, 0.6) is 0 Å². The van der Waals surface area contributed by atoms with Crippen LogP contribution in [-0.2, 0) is 4.79 Å². The first kappa shape index (κ1) is 14.4. The molecule has 0 aliphatic carbocycles. The second-order valence-electron chi connectivity index (χ2n) is 4.07. The molecule has 2 N–H and O–H groups in total. The van der Waals surface area contributed by atoms with Gasteiger partial charge in [-0.25, -0.2) is 4.79 Å². The van der Waals surface area contributed by atoms with Gasteiger partial charge in [0.2, 0.25) is 0 Å². The minimum atomic E-state index is -0.994. The van der Waals surface area contributed by atoms with E-state index >= 15 is 0 Å². The van der Waals surface area contributed by atoms with Crippen LogP contribution >= 0.6 is 11.3 Å². The van der Waals surface area contributed by atoms with Gasteiger partial charge in [-0.2, -0.15) is 0 Å². The van der Waals surface area contributed by atoms with Crippen LogP contribution in [0.25, 0.3) is 6.08 Å². The maximum Gasteiger partial charge on any atom is 0.328 e. The molecule has 0 bridgehead atoms. The number of carboxylic acids is 1. The van der Waals surface area contributed by atoms with Crippen molar-refractivity contribution in [2.75, 3.05) is 0 Å². The molecular formula is C13H17NO3S. The van der Waals surface area contributed by atoms with Gasteiger partial charge in [0.05, 0.1) is 5.56 Å². The third-order valence-electron chi connectivity index (χ3n) is 2.37. The molecule has 5 heteroatoms. The van der Waals surface area contributed by atoms with Crippen LogP contribution in [0, 0.1) is 0 Å². The summed E-state index contributed by atoms with van der Waals surface area (Å²) in [6.45, 7) is 4.04. The first-order chi connectivity index (χ1) is 8.52. The van der Waals surface area contributed by atoms with Crippen molar-refractivity contribution in [2.24, 2.45) is 0 Å². The molecule has 0 saturated heterocycles. The van der Waals surface area contributed by atoms with E-state index < -0.39 is 5.97 Å². The van der Waals surface area contributed by atoms with Crippen molar-refractivity contribution in [1.29, 1.82) is 0 Å². The zero-order valence-corrected chi connectivity index (χ0v) is 11.3. The molecule has 1 aromatic heterocycles. The molecule has 1 heterocycles. The second kappa shape index (κ2) is 6.96. The van der Waals surface area contributed by atoms with E-state index in [4.69, 9.17) is 5.11 Å². The lowest BCUT2D eigenvalue weighted by Gasteiger charge is -2.11. The number of hydrogen-bond acceptors (Lipinski definition) is 3. The Hall–Kier alpha value is -1.62. The SMILES string of the molecule is CCCC(C)NC(=O)c1csc(C=CC(=O)O)c1. The van der Waals surface area contributed by atoms with E-state index in [9.17, 15) is 9.59 Å². The fraction of sp³-hybridized carbons (Fsp3) is 0.385. The highest BCUT2D eigenvalue weighted by molar-refractivity contribution is 7.11. The van der Waals surface area contributed by atoms with Crippen molar-refractivity contribution >= 4 is 29.3 Å². The van der Waals surface area contributed by atoms with Gasteiger partial charge in [-0.3, -0.25) is 4.79 Å². The topological polar surface area (TPSA) is 66.4 Å². The van der Waals surface area contributed by atoms with Crippen LogP contribution < -0.4 is 5.32 Å². The maximum atomic E-state index is 11.8. The van der Waals surface area contributed by atoms with E-state index in [-0.39, 0.29) is 11.9 Å². The largest absolute Gasteiger partial charge is 0.478 e. The number of nitrogens with one attached hydrogen (secondary N) is 1. The van der Waals surface area contributed by atoms with Gasteiger partial charge in [0.25, 0.3) is 5.91 Å². The highest BCUT2D eigenvalue weighted by Gasteiger charge is 2.10. The zero-order chi connectivity index (χ0) is 13.5. The van der Waals surface area contributed by atoms with Crippen molar-refractivity contribution in [3.8, 4) is 0 Å². The molecule has 1 aromatic rings. The number of amides is 1. The molecule has 0 spiro atoms. The summed E-state index contributed by atoms with van der Waals surface area (Å²) in [7, 11) is 0. The maximum absolute atomic E-state index is 11.8. The summed E-state index contributed by atoms with van der Waals surface area (Å²) in [5.74, 6) is -1.10. The van der Waals surface area contributed by atoms with Gasteiger partial charge in [-0.05, 0) is 25.5 Å². The van der Waals surface area contributed by atoms with Crippen LogP contribution in [0.2, 0.25) is 0 Å². The van der Waals surface area contributed by atoms with Gasteiger partial charge in [-0.1, -0.05) is 13.3 Å². The molecule has 98 valence electrons. The van der Waals surface area contributed by atoms with Crippen molar-refractivity contribution in [1.82, 2.24) is 5.32 Å². The number of carbonyl (C=O) groups excluding carboxylic acids is 1. The van der Waals surface area contributed by atoms with Crippen molar-refractivity contribution < 1.29 is 14.7 Å². The number of rotatable bonds is 6. The van der Waals surface area contributed by atoms with E-state index in [1.54, 1.807) is 11.4 Å². The Balaban J connectivity index is 2.62. The molecule has 18 heavy (non-hydrogen) atoms. The molecule has 0 saturated carbocycles.